The molecule has 0 spiro atoms. The molecule has 0 bridgehead atoms. The number of rotatable bonds is 0. The Kier molecular flexibility index (Phi) is 1.85. The smallest absolute Gasteiger partial charge is 0.156 e. The van der Waals surface area contributed by atoms with Gasteiger partial charge in [0, 0.05) is 0 Å². The molecule has 0 unspecified atom stereocenters. The van der Waals surface area contributed by atoms with E-state index in [0.29, 0.717) is 20.5 Å². The molecule has 1 nitrogen and oxygen atoms in total. The lowest BCUT2D eigenvalue weighted by atomic mass is 10.2. The van der Waals surface area contributed by atoms with E-state index in [1.807, 2.05) is 0 Å². The molecule has 2 aromatic rings. The van der Waals surface area contributed by atoms with E-state index in [4.69, 9.17) is 16.0 Å². The molecule has 0 saturated heterocycles. The van der Waals surface area contributed by atoms with Gasteiger partial charge in [-0.15, -0.1) is 0 Å². The Bertz CT molecular complexity index is 438. The average molecular weight is 249 g/mol. The van der Waals surface area contributed by atoms with Crippen LogP contribution in [0.4, 0.5) is 4.39 Å². The molecule has 0 fully saturated rings. The minimum absolute atomic E-state index is 0.338. The fourth-order valence-electron chi connectivity index (χ4n) is 1.04. The Morgan fingerprint density at radius 2 is 2.17 bits per heavy atom. The average Bonchev–Trinajstić information content (AvgIpc) is 2.42. The molecule has 1 aromatic heterocycles. The minimum atomic E-state index is -0.338. The molecular weight excluding hydrogens is 246 g/mol. The van der Waals surface area contributed by atoms with Crippen LogP contribution in [0, 0.1) is 5.82 Å². The Morgan fingerprint density at radius 1 is 1.42 bits per heavy atom. The lowest BCUT2D eigenvalue weighted by Gasteiger charge is -1.93. The van der Waals surface area contributed by atoms with Crippen LogP contribution < -0.4 is 0 Å². The van der Waals surface area contributed by atoms with Gasteiger partial charge in [0.2, 0.25) is 0 Å². The predicted octanol–water partition coefficient (Wildman–Crippen LogP) is 3.99. The molecule has 1 heterocycles. The Labute approximate surface area is 81.2 Å². The number of halogens is 3. The van der Waals surface area contributed by atoms with Crippen molar-refractivity contribution in [1.29, 1.82) is 0 Å². The quantitative estimate of drug-likeness (QED) is 0.688. The number of benzene rings is 1. The van der Waals surface area contributed by atoms with Crippen molar-refractivity contribution < 1.29 is 8.81 Å². The van der Waals surface area contributed by atoms with E-state index in [0.717, 1.165) is 0 Å². The third-order valence-electron chi connectivity index (χ3n) is 1.58. The topological polar surface area (TPSA) is 13.1 Å². The van der Waals surface area contributed by atoms with Gasteiger partial charge in [-0.25, -0.2) is 4.39 Å². The molecule has 0 N–H and O–H groups in total. The Hall–Kier alpha value is -0.540. The summed E-state index contributed by atoms with van der Waals surface area (Å²) in [6.45, 7) is 0. The van der Waals surface area contributed by atoms with Crippen LogP contribution in [0.25, 0.3) is 11.0 Å². The first-order chi connectivity index (χ1) is 5.70. The first kappa shape index (κ1) is 8.08. The summed E-state index contributed by atoms with van der Waals surface area (Å²) in [7, 11) is 0. The largest absolute Gasteiger partial charge is 0.461 e. The number of furan rings is 1. The predicted molar refractivity (Wildman–Crippen MR) is 48.9 cm³/mol. The maximum absolute atomic E-state index is 13.1. The monoisotopic (exact) mass is 248 g/mol. The zero-order valence-corrected chi connectivity index (χ0v) is 8.12. The van der Waals surface area contributed by atoms with E-state index in [1.54, 1.807) is 0 Å². The molecule has 0 aliphatic rings. The molecule has 62 valence electrons. The van der Waals surface area contributed by atoms with Crippen LogP contribution in [-0.2, 0) is 0 Å². The van der Waals surface area contributed by atoms with Gasteiger partial charge >= 0.3 is 0 Å². The lowest BCUT2D eigenvalue weighted by molar-refractivity contribution is 0.609. The number of hydrogen-bond acceptors (Lipinski definition) is 1. The maximum Gasteiger partial charge on any atom is 0.156 e. The molecule has 4 heteroatoms. The van der Waals surface area contributed by atoms with Crippen LogP contribution in [0.2, 0.25) is 5.02 Å². The molecule has 1 aromatic carbocycles. The van der Waals surface area contributed by atoms with Gasteiger partial charge in [-0.3, -0.25) is 0 Å². The van der Waals surface area contributed by atoms with Gasteiger partial charge < -0.3 is 4.42 Å². The number of hydrogen-bond donors (Lipinski definition) is 0. The van der Waals surface area contributed by atoms with Crippen molar-refractivity contribution in [2.75, 3.05) is 0 Å². The summed E-state index contributed by atoms with van der Waals surface area (Å²) in [5.74, 6) is -0.338. The van der Waals surface area contributed by atoms with Crippen LogP contribution in [0.15, 0.2) is 27.3 Å². The van der Waals surface area contributed by atoms with Crippen LogP contribution in [0.5, 0.6) is 0 Å². The fraction of sp³-hybridized carbons (Fsp3) is 0. The molecule has 0 aliphatic heterocycles. The van der Waals surface area contributed by atoms with Crippen LogP contribution in [0.3, 0.4) is 0 Å². The van der Waals surface area contributed by atoms with E-state index in [1.165, 1.54) is 18.4 Å². The van der Waals surface area contributed by atoms with Gasteiger partial charge in [0.1, 0.15) is 12.1 Å². The van der Waals surface area contributed by atoms with E-state index in [-0.39, 0.29) is 5.82 Å². The van der Waals surface area contributed by atoms with Crippen molar-refractivity contribution in [3.05, 3.63) is 33.7 Å². The van der Waals surface area contributed by atoms with Crippen LogP contribution in [0.1, 0.15) is 0 Å². The first-order valence-electron chi connectivity index (χ1n) is 3.21. The van der Waals surface area contributed by atoms with Crippen molar-refractivity contribution in [2.24, 2.45) is 0 Å². The lowest BCUT2D eigenvalue weighted by Crippen LogP contribution is -1.75. The number of fused-ring (bicyclic) bond motifs is 1. The minimum Gasteiger partial charge on any atom is -0.461 e. The second kappa shape index (κ2) is 2.75. The van der Waals surface area contributed by atoms with Gasteiger partial charge in [0.25, 0.3) is 0 Å². The van der Waals surface area contributed by atoms with Crippen LogP contribution in [-0.4, -0.2) is 0 Å². The summed E-state index contributed by atoms with van der Waals surface area (Å²) in [4.78, 5) is 0. The van der Waals surface area contributed by atoms with E-state index in [2.05, 4.69) is 15.9 Å². The second-order valence-electron chi connectivity index (χ2n) is 2.32. The zero-order chi connectivity index (χ0) is 8.72. The standard InChI is InChI=1S/C8H3BrClFO/c9-4-3-12-8-5(10)1-2-6(11)7(4)8/h1-3H. The normalized spacial score (nSPS) is 10.9. The van der Waals surface area contributed by atoms with E-state index < -0.39 is 0 Å². The van der Waals surface area contributed by atoms with Gasteiger partial charge in [0.05, 0.1) is 14.9 Å². The molecule has 0 radical (unpaired) electrons. The van der Waals surface area contributed by atoms with Gasteiger partial charge in [-0.1, -0.05) is 11.6 Å². The van der Waals surface area contributed by atoms with Gasteiger partial charge in [0.15, 0.2) is 5.58 Å². The van der Waals surface area contributed by atoms with E-state index >= 15 is 0 Å². The SMILES string of the molecule is Fc1ccc(Cl)c2occ(Br)c12. The highest BCUT2D eigenvalue weighted by Gasteiger charge is 2.11. The molecule has 0 amide bonds. The van der Waals surface area contributed by atoms with Gasteiger partial charge in [-0.05, 0) is 28.1 Å². The molecular formula is C8H3BrClFO. The molecule has 0 saturated carbocycles. The first-order valence-corrected chi connectivity index (χ1v) is 4.38. The molecule has 0 atom stereocenters. The molecule has 2 rings (SSSR count). The van der Waals surface area contributed by atoms with Gasteiger partial charge in [-0.2, -0.15) is 0 Å². The Morgan fingerprint density at radius 3 is 2.83 bits per heavy atom. The second-order valence-corrected chi connectivity index (χ2v) is 3.58. The summed E-state index contributed by atoms with van der Waals surface area (Å²) in [6.07, 6.45) is 1.42. The third-order valence-corrected chi connectivity index (χ3v) is 2.46. The summed E-state index contributed by atoms with van der Waals surface area (Å²) in [6, 6.07) is 2.78. The maximum atomic E-state index is 13.1. The summed E-state index contributed by atoms with van der Waals surface area (Å²) in [5.41, 5.74) is 0.378. The Balaban J connectivity index is 2.98. The van der Waals surface area contributed by atoms with Crippen molar-refractivity contribution in [1.82, 2.24) is 0 Å². The van der Waals surface area contributed by atoms with Crippen molar-refractivity contribution in [3.8, 4) is 0 Å². The highest BCUT2D eigenvalue weighted by Crippen LogP contribution is 2.32. The highest BCUT2D eigenvalue weighted by molar-refractivity contribution is 9.10. The summed E-state index contributed by atoms with van der Waals surface area (Å²) >= 11 is 8.92. The fourth-order valence-corrected chi connectivity index (χ4v) is 1.71. The molecule has 0 aliphatic carbocycles. The van der Waals surface area contributed by atoms with Crippen molar-refractivity contribution in [2.45, 2.75) is 0 Å². The summed E-state index contributed by atoms with van der Waals surface area (Å²) < 4.78 is 18.7. The van der Waals surface area contributed by atoms with E-state index in [9.17, 15) is 4.39 Å². The summed E-state index contributed by atoms with van der Waals surface area (Å²) in [5, 5.41) is 0.805. The zero-order valence-electron chi connectivity index (χ0n) is 5.77. The third kappa shape index (κ3) is 1.04. The molecule has 12 heavy (non-hydrogen) atoms. The van der Waals surface area contributed by atoms with Crippen LogP contribution >= 0.6 is 27.5 Å². The highest BCUT2D eigenvalue weighted by atomic mass is 79.9. The van der Waals surface area contributed by atoms with Crippen molar-refractivity contribution in [3.63, 3.8) is 0 Å². The van der Waals surface area contributed by atoms with Crippen molar-refractivity contribution >= 4 is 38.5 Å².